The molecule has 1 aromatic carbocycles. The monoisotopic (exact) mass is 291 g/mol. The van der Waals surface area contributed by atoms with E-state index < -0.39 is 11.9 Å². The van der Waals surface area contributed by atoms with Gasteiger partial charge in [-0.15, -0.1) is 0 Å². The van der Waals surface area contributed by atoms with E-state index in [0.717, 1.165) is 0 Å². The second-order valence-electron chi connectivity index (χ2n) is 3.91. The SMILES string of the molecule is CN(C(=O)c1cncc(Cl)n1)c1ccccc1C(=O)O. The number of aromatic nitrogens is 2. The van der Waals surface area contributed by atoms with E-state index in [1.165, 1.54) is 30.4 Å². The Bertz CT molecular complexity index is 675. The molecule has 0 unspecified atom stereocenters. The third kappa shape index (κ3) is 2.75. The molecule has 6 nitrogen and oxygen atoms in total. The summed E-state index contributed by atoms with van der Waals surface area (Å²) in [4.78, 5) is 32.2. The van der Waals surface area contributed by atoms with Crippen molar-refractivity contribution in [2.75, 3.05) is 11.9 Å². The lowest BCUT2D eigenvalue weighted by atomic mass is 10.1. The summed E-state index contributed by atoms with van der Waals surface area (Å²) in [6.45, 7) is 0. The molecule has 7 heteroatoms. The Hall–Kier alpha value is -2.47. The summed E-state index contributed by atoms with van der Waals surface area (Å²) in [5.41, 5.74) is 0.338. The van der Waals surface area contributed by atoms with Gasteiger partial charge in [0, 0.05) is 7.05 Å². The van der Waals surface area contributed by atoms with E-state index >= 15 is 0 Å². The molecule has 1 amide bonds. The largest absolute Gasteiger partial charge is 0.478 e. The predicted molar refractivity (Wildman–Crippen MR) is 73.2 cm³/mol. The predicted octanol–water partition coefficient (Wildman–Crippen LogP) is 2.10. The first-order valence-electron chi connectivity index (χ1n) is 5.58. The molecule has 20 heavy (non-hydrogen) atoms. The molecule has 0 saturated carbocycles. The van der Waals surface area contributed by atoms with Crippen molar-refractivity contribution in [3.63, 3.8) is 0 Å². The maximum absolute atomic E-state index is 12.2. The minimum atomic E-state index is -1.11. The van der Waals surface area contributed by atoms with Gasteiger partial charge in [0.2, 0.25) is 0 Å². The first-order valence-corrected chi connectivity index (χ1v) is 5.96. The summed E-state index contributed by atoms with van der Waals surface area (Å²) < 4.78 is 0. The van der Waals surface area contributed by atoms with Crippen LogP contribution in [0.25, 0.3) is 0 Å². The second kappa shape index (κ2) is 5.66. The number of benzene rings is 1. The summed E-state index contributed by atoms with van der Waals surface area (Å²) in [5.74, 6) is -1.61. The Morgan fingerprint density at radius 1 is 1.25 bits per heavy atom. The van der Waals surface area contributed by atoms with Crippen LogP contribution in [-0.2, 0) is 0 Å². The van der Waals surface area contributed by atoms with E-state index in [4.69, 9.17) is 16.7 Å². The van der Waals surface area contributed by atoms with Crippen LogP contribution in [0.5, 0.6) is 0 Å². The number of para-hydroxylation sites is 1. The lowest BCUT2D eigenvalue weighted by Crippen LogP contribution is -2.28. The van der Waals surface area contributed by atoms with Crippen LogP contribution in [0.1, 0.15) is 20.8 Å². The number of hydrogen-bond donors (Lipinski definition) is 1. The fraction of sp³-hybridized carbons (Fsp3) is 0.0769. The molecule has 0 atom stereocenters. The van der Waals surface area contributed by atoms with Crippen molar-refractivity contribution >= 4 is 29.2 Å². The van der Waals surface area contributed by atoms with Gasteiger partial charge in [-0.05, 0) is 12.1 Å². The highest BCUT2D eigenvalue weighted by Gasteiger charge is 2.20. The van der Waals surface area contributed by atoms with E-state index in [9.17, 15) is 9.59 Å². The van der Waals surface area contributed by atoms with Crippen molar-refractivity contribution < 1.29 is 14.7 Å². The third-order valence-corrected chi connectivity index (χ3v) is 2.81. The van der Waals surface area contributed by atoms with Gasteiger partial charge in [0.1, 0.15) is 10.8 Å². The van der Waals surface area contributed by atoms with Gasteiger partial charge in [0.05, 0.1) is 23.6 Å². The van der Waals surface area contributed by atoms with Crippen LogP contribution >= 0.6 is 11.6 Å². The van der Waals surface area contributed by atoms with Crippen LogP contribution in [0, 0.1) is 0 Å². The number of hydrogen-bond acceptors (Lipinski definition) is 4. The molecule has 0 aliphatic heterocycles. The molecule has 0 aliphatic carbocycles. The van der Waals surface area contributed by atoms with Crippen LogP contribution < -0.4 is 4.90 Å². The normalized spacial score (nSPS) is 10.1. The number of anilines is 1. The highest BCUT2D eigenvalue weighted by molar-refractivity contribution is 6.29. The number of amides is 1. The second-order valence-corrected chi connectivity index (χ2v) is 4.30. The number of aromatic carboxylic acids is 1. The first-order chi connectivity index (χ1) is 9.50. The zero-order chi connectivity index (χ0) is 14.7. The Labute approximate surface area is 119 Å². The zero-order valence-electron chi connectivity index (χ0n) is 10.4. The van der Waals surface area contributed by atoms with Gasteiger partial charge in [-0.2, -0.15) is 0 Å². The van der Waals surface area contributed by atoms with Gasteiger partial charge in [-0.1, -0.05) is 23.7 Å². The van der Waals surface area contributed by atoms with Gasteiger partial charge < -0.3 is 10.0 Å². The van der Waals surface area contributed by atoms with Gasteiger partial charge in [0.25, 0.3) is 5.91 Å². The Kier molecular flexibility index (Phi) is 3.95. The molecule has 2 aromatic rings. The van der Waals surface area contributed by atoms with E-state index in [1.54, 1.807) is 18.2 Å². The number of rotatable bonds is 3. The van der Waals surface area contributed by atoms with Gasteiger partial charge in [-0.25, -0.2) is 9.78 Å². The van der Waals surface area contributed by atoms with Gasteiger partial charge in [0.15, 0.2) is 0 Å². The van der Waals surface area contributed by atoms with Crippen LogP contribution in [0.4, 0.5) is 5.69 Å². The molecule has 1 aromatic heterocycles. The highest BCUT2D eigenvalue weighted by Crippen LogP contribution is 2.20. The molecule has 0 radical (unpaired) electrons. The van der Waals surface area contributed by atoms with Gasteiger partial charge in [-0.3, -0.25) is 9.78 Å². The molecule has 0 aliphatic rings. The van der Waals surface area contributed by atoms with Crippen LogP contribution in [0.15, 0.2) is 36.7 Å². The van der Waals surface area contributed by atoms with Crippen molar-refractivity contribution in [1.82, 2.24) is 9.97 Å². The Balaban J connectivity index is 2.39. The van der Waals surface area contributed by atoms with Crippen molar-refractivity contribution in [2.24, 2.45) is 0 Å². The van der Waals surface area contributed by atoms with Crippen molar-refractivity contribution in [3.8, 4) is 0 Å². The summed E-state index contributed by atoms with van der Waals surface area (Å²) >= 11 is 5.68. The Morgan fingerprint density at radius 2 is 1.95 bits per heavy atom. The van der Waals surface area contributed by atoms with Crippen LogP contribution in [0.3, 0.4) is 0 Å². The van der Waals surface area contributed by atoms with E-state index in [0.29, 0.717) is 0 Å². The van der Waals surface area contributed by atoms with E-state index in [2.05, 4.69) is 9.97 Å². The number of carboxylic acids is 1. The number of carbonyl (C=O) groups is 2. The topological polar surface area (TPSA) is 83.4 Å². The summed E-state index contributed by atoms with van der Waals surface area (Å²) in [6, 6.07) is 6.20. The molecular weight excluding hydrogens is 282 g/mol. The Morgan fingerprint density at radius 3 is 2.60 bits per heavy atom. The van der Waals surface area contributed by atoms with E-state index in [1.807, 2.05) is 0 Å². The standard InChI is InChI=1S/C13H10ClN3O3/c1-17(10-5-3-2-4-8(10)13(19)20)12(18)9-6-15-7-11(14)16-9/h2-7H,1H3,(H,19,20). The third-order valence-electron chi connectivity index (χ3n) is 2.62. The fourth-order valence-corrected chi connectivity index (χ4v) is 1.82. The lowest BCUT2D eigenvalue weighted by molar-refractivity contribution is 0.0697. The number of halogens is 1. The molecule has 0 spiro atoms. The minimum absolute atomic E-state index is 0.0262. The first kappa shape index (κ1) is 14.0. The van der Waals surface area contributed by atoms with Crippen molar-refractivity contribution in [1.29, 1.82) is 0 Å². The molecule has 1 N–H and O–H groups in total. The number of nitrogens with zero attached hydrogens (tertiary/aromatic N) is 3. The van der Waals surface area contributed by atoms with Gasteiger partial charge >= 0.3 is 5.97 Å². The summed E-state index contributed by atoms with van der Waals surface area (Å²) in [5, 5.41) is 9.22. The van der Waals surface area contributed by atoms with Crippen molar-refractivity contribution in [2.45, 2.75) is 0 Å². The maximum Gasteiger partial charge on any atom is 0.337 e. The maximum atomic E-state index is 12.2. The van der Waals surface area contributed by atoms with E-state index in [-0.39, 0.29) is 22.1 Å². The zero-order valence-corrected chi connectivity index (χ0v) is 11.2. The van der Waals surface area contributed by atoms with Crippen molar-refractivity contribution in [3.05, 3.63) is 53.1 Å². The smallest absolute Gasteiger partial charge is 0.337 e. The summed E-state index contributed by atoms with van der Waals surface area (Å²) in [7, 11) is 1.46. The highest BCUT2D eigenvalue weighted by atomic mass is 35.5. The molecule has 102 valence electrons. The molecule has 0 saturated heterocycles. The average Bonchev–Trinajstić information content (AvgIpc) is 2.45. The molecular formula is C13H10ClN3O3. The number of carboxylic acid groups (broad SMARTS) is 1. The molecule has 1 heterocycles. The van der Waals surface area contributed by atoms with Crippen LogP contribution in [0.2, 0.25) is 5.15 Å². The lowest BCUT2D eigenvalue weighted by Gasteiger charge is -2.18. The molecule has 2 rings (SSSR count). The molecule has 0 bridgehead atoms. The fourth-order valence-electron chi connectivity index (χ4n) is 1.67. The average molecular weight is 292 g/mol. The van der Waals surface area contributed by atoms with Crippen LogP contribution in [-0.4, -0.2) is 34.0 Å². The minimum Gasteiger partial charge on any atom is -0.478 e. The summed E-state index contributed by atoms with van der Waals surface area (Å²) in [6.07, 6.45) is 2.58. The quantitative estimate of drug-likeness (QED) is 0.936. The number of carbonyl (C=O) groups excluding carboxylic acids is 1. The molecule has 0 fully saturated rings.